The van der Waals surface area contributed by atoms with Gasteiger partial charge < -0.3 is 4.74 Å². The molecular weight excluding hydrogens is 405 g/mol. The molecule has 1 rings (SSSR count). The quantitative estimate of drug-likeness (QED) is 0.531. The highest BCUT2D eigenvalue weighted by Crippen LogP contribution is 2.41. The fourth-order valence-corrected chi connectivity index (χ4v) is 1.88. The Balaban J connectivity index is 3.40. The van der Waals surface area contributed by atoms with Crippen molar-refractivity contribution < 1.29 is 39.9 Å². The number of rotatable bonds is 2. The van der Waals surface area contributed by atoms with Gasteiger partial charge in [-0.15, -0.1) is 13.2 Å². The molecule has 0 bridgehead atoms. The van der Waals surface area contributed by atoms with E-state index >= 15 is 0 Å². The second-order valence-electron chi connectivity index (χ2n) is 3.05. The van der Waals surface area contributed by atoms with Crippen LogP contribution in [0.5, 0.6) is 5.88 Å². The molecule has 108 valence electrons. The lowest BCUT2D eigenvalue weighted by Crippen LogP contribution is -2.20. The first kappa shape index (κ1) is 16.2. The summed E-state index contributed by atoms with van der Waals surface area (Å²) in [5.74, 6) is -1.35. The molecule has 0 radical (unpaired) electrons. The minimum Gasteiger partial charge on any atom is -0.387 e. The van der Waals surface area contributed by atoms with E-state index in [2.05, 4.69) is 9.72 Å². The molecule has 0 aliphatic rings. The summed E-state index contributed by atoms with van der Waals surface area (Å²) in [6.07, 6.45) is -14.1. The predicted octanol–water partition coefficient (Wildman–Crippen LogP) is 4.54. The van der Waals surface area contributed by atoms with Gasteiger partial charge in [-0.1, -0.05) is 0 Å². The van der Waals surface area contributed by atoms with E-state index in [4.69, 9.17) is 0 Å². The summed E-state index contributed by atoms with van der Waals surface area (Å²) >= 11 is 0.894. The third-order valence-corrected chi connectivity index (χ3v) is 2.80. The largest absolute Gasteiger partial charge is 0.574 e. The van der Waals surface area contributed by atoms with Gasteiger partial charge in [0.05, 0.1) is 14.7 Å². The van der Waals surface area contributed by atoms with E-state index in [-0.39, 0.29) is 6.20 Å². The van der Waals surface area contributed by atoms with E-state index < -0.39 is 39.5 Å². The average Bonchev–Trinajstić information content (AvgIpc) is 2.16. The summed E-state index contributed by atoms with van der Waals surface area (Å²) in [5, 5.41) is 0. The molecule has 1 heterocycles. The zero-order valence-corrected chi connectivity index (χ0v) is 10.6. The minimum absolute atomic E-state index is 0.120. The fourth-order valence-electron chi connectivity index (χ4n) is 1.10. The molecule has 0 saturated heterocycles. The van der Waals surface area contributed by atoms with Crippen molar-refractivity contribution in [3.63, 3.8) is 0 Å². The predicted molar refractivity (Wildman–Crippen MR) is 53.6 cm³/mol. The molecule has 0 aliphatic carbocycles. The van der Waals surface area contributed by atoms with Gasteiger partial charge in [0.15, 0.2) is 0 Å². The molecule has 0 N–H and O–H groups in total. The Morgan fingerprint density at radius 1 is 1.11 bits per heavy atom. The summed E-state index contributed by atoms with van der Waals surface area (Å²) in [4.78, 5) is 2.77. The Labute approximate surface area is 113 Å². The first-order valence-electron chi connectivity index (χ1n) is 4.23. The minimum atomic E-state index is -5.24. The standard InChI is InChI=1S/C8H2F8INO/c9-5(10)3-2(7(11,12)13)1-18-6(4(3)17)19-8(14,15)16/h1,5H. The van der Waals surface area contributed by atoms with Crippen molar-refractivity contribution in [2.24, 2.45) is 0 Å². The number of ether oxygens (including phenoxy) is 1. The van der Waals surface area contributed by atoms with Crippen molar-refractivity contribution in [1.29, 1.82) is 0 Å². The van der Waals surface area contributed by atoms with Crippen LogP contribution in [0.25, 0.3) is 0 Å². The first-order valence-corrected chi connectivity index (χ1v) is 5.31. The highest BCUT2D eigenvalue weighted by Gasteiger charge is 2.40. The van der Waals surface area contributed by atoms with E-state index in [9.17, 15) is 35.1 Å². The van der Waals surface area contributed by atoms with Gasteiger partial charge in [-0.2, -0.15) is 13.2 Å². The lowest BCUT2D eigenvalue weighted by molar-refractivity contribution is -0.276. The number of halogens is 9. The molecule has 19 heavy (non-hydrogen) atoms. The first-order chi connectivity index (χ1) is 8.43. The summed E-state index contributed by atoms with van der Waals surface area (Å²) in [7, 11) is 0. The molecule has 0 fully saturated rings. The maximum Gasteiger partial charge on any atom is 0.574 e. The molecule has 11 heteroatoms. The van der Waals surface area contributed by atoms with E-state index in [0.29, 0.717) is 0 Å². The van der Waals surface area contributed by atoms with Crippen molar-refractivity contribution in [3.8, 4) is 5.88 Å². The molecule has 2 nitrogen and oxygen atoms in total. The van der Waals surface area contributed by atoms with E-state index in [0.717, 1.165) is 22.6 Å². The van der Waals surface area contributed by atoms with Crippen molar-refractivity contribution in [2.45, 2.75) is 19.0 Å². The monoisotopic (exact) mass is 407 g/mol. The van der Waals surface area contributed by atoms with Gasteiger partial charge in [0, 0.05) is 6.20 Å². The zero-order valence-electron chi connectivity index (χ0n) is 8.41. The van der Waals surface area contributed by atoms with Gasteiger partial charge in [-0.3, -0.25) is 0 Å². The molecule has 0 atom stereocenters. The number of hydrogen-bond donors (Lipinski definition) is 0. The number of aromatic nitrogens is 1. The molecule has 0 aliphatic heterocycles. The molecule has 0 saturated carbocycles. The average molecular weight is 407 g/mol. The van der Waals surface area contributed by atoms with Gasteiger partial charge in [-0.25, -0.2) is 13.8 Å². The van der Waals surface area contributed by atoms with Crippen LogP contribution in [-0.4, -0.2) is 11.3 Å². The van der Waals surface area contributed by atoms with E-state index in [1.54, 1.807) is 0 Å². The Morgan fingerprint density at radius 2 is 1.63 bits per heavy atom. The molecule has 0 spiro atoms. The SMILES string of the molecule is FC(F)c1c(C(F)(F)F)cnc(OC(F)(F)F)c1I. The summed E-state index contributed by atoms with van der Waals surface area (Å²) in [6.45, 7) is 0. The van der Waals surface area contributed by atoms with Crippen LogP contribution in [0.15, 0.2) is 6.20 Å². The van der Waals surface area contributed by atoms with Gasteiger partial charge in [0.25, 0.3) is 6.43 Å². The normalized spacial score (nSPS) is 12.9. The van der Waals surface area contributed by atoms with Crippen molar-refractivity contribution in [2.75, 3.05) is 0 Å². The number of hydrogen-bond acceptors (Lipinski definition) is 2. The molecule has 0 unspecified atom stereocenters. The summed E-state index contributed by atoms with van der Waals surface area (Å²) < 4.78 is 100. The Hall–Kier alpha value is -0.880. The van der Waals surface area contributed by atoms with E-state index in [1.165, 1.54) is 0 Å². The summed E-state index contributed by atoms with van der Waals surface area (Å²) in [5.41, 5.74) is -3.40. The van der Waals surface area contributed by atoms with Gasteiger partial charge in [0.1, 0.15) is 0 Å². The van der Waals surface area contributed by atoms with Crippen LogP contribution in [0.4, 0.5) is 35.1 Å². The van der Waals surface area contributed by atoms with Crippen LogP contribution >= 0.6 is 22.6 Å². The van der Waals surface area contributed by atoms with Crippen LogP contribution in [0.3, 0.4) is 0 Å². The van der Waals surface area contributed by atoms with Crippen molar-refractivity contribution >= 4 is 22.6 Å². The second kappa shape index (κ2) is 5.25. The second-order valence-corrected chi connectivity index (χ2v) is 4.13. The Kier molecular flexibility index (Phi) is 4.47. The summed E-state index contributed by atoms with van der Waals surface area (Å²) in [6, 6.07) is 0. The maximum absolute atomic E-state index is 12.6. The highest BCUT2D eigenvalue weighted by molar-refractivity contribution is 14.1. The van der Waals surface area contributed by atoms with Crippen LogP contribution < -0.4 is 4.74 Å². The van der Waals surface area contributed by atoms with Crippen LogP contribution in [0, 0.1) is 3.57 Å². The maximum atomic E-state index is 12.6. The molecule has 0 aromatic carbocycles. The van der Waals surface area contributed by atoms with Crippen LogP contribution in [0.2, 0.25) is 0 Å². The number of alkyl halides is 8. The van der Waals surface area contributed by atoms with Crippen LogP contribution in [-0.2, 0) is 6.18 Å². The van der Waals surface area contributed by atoms with E-state index in [1.807, 2.05) is 0 Å². The van der Waals surface area contributed by atoms with Crippen molar-refractivity contribution in [1.82, 2.24) is 4.98 Å². The lowest BCUT2D eigenvalue weighted by Gasteiger charge is -2.16. The third-order valence-electron chi connectivity index (χ3n) is 1.76. The Bertz CT molecular complexity index is 469. The number of pyridine rings is 1. The van der Waals surface area contributed by atoms with Gasteiger partial charge in [-0.05, 0) is 22.6 Å². The molecular formula is C8H2F8INO. The van der Waals surface area contributed by atoms with Gasteiger partial charge in [0.2, 0.25) is 5.88 Å². The highest BCUT2D eigenvalue weighted by atomic mass is 127. The third kappa shape index (κ3) is 4.04. The Morgan fingerprint density at radius 3 is 2.00 bits per heavy atom. The van der Waals surface area contributed by atoms with Crippen molar-refractivity contribution in [3.05, 3.63) is 20.9 Å². The topological polar surface area (TPSA) is 22.1 Å². The zero-order chi connectivity index (χ0) is 15.0. The molecule has 1 aromatic heterocycles. The number of nitrogens with zero attached hydrogens (tertiary/aromatic N) is 1. The molecule has 0 amide bonds. The molecule has 1 aromatic rings. The lowest BCUT2D eigenvalue weighted by atomic mass is 10.1. The van der Waals surface area contributed by atoms with Gasteiger partial charge >= 0.3 is 12.5 Å². The van der Waals surface area contributed by atoms with Crippen LogP contribution in [0.1, 0.15) is 17.6 Å². The fraction of sp³-hybridized carbons (Fsp3) is 0.375. The smallest absolute Gasteiger partial charge is 0.387 e.